The molecule has 2 aromatic carbocycles. The monoisotopic (exact) mass is 336 g/mol. The number of anilines is 1. The molecule has 0 radical (unpaired) electrons. The van der Waals surface area contributed by atoms with Crippen LogP contribution in [0.1, 0.15) is 30.5 Å². The van der Waals surface area contributed by atoms with Crippen LogP contribution < -0.4 is 5.32 Å². The van der Waals surface area contributed by atoms with Crippen molar-refractivity contribution >= 4 is 11.6 Å². The summed E-state index contributed by atoms with van der Waals surface area (Å²) < 4.78 is 15.2. The Morgan fingerprint density at radius 1 is 1.04 bits per heavy atom. The van der Waals surface area contributed by atoms with Gasteiger partial charge in [0.05, 0.1) is 12.5 Å². The second-order valence-corrected chi connectivity index (χ2v) is 6.00. The standard InChI is InChI=1S/C21H21FN2O/c1-2-16-5-11-19(12-6-16)23-21(25)15-20(24-13-3-4-14-24)17-7-9-18(22)10-8-17/h3-14,20H,2,15H2,1H3,(H,23,25)/t20-/m0/s1. The fourth-order valence-corrected chi connectivity index (χ4v) is 2.85. The van der Waals surface area contributed by atoms with Crippen molar-refractivity contribution in [2.75, 3.05) is 5.32 Å². The number of benzene rings is 2. The molecule has 128 valence electrons. The number of aryl methyl sites for hydroxylation is 1. The SMILES string of the molecule is CCc1ccc(NC(=O)C[C@@H](c2ccc(F)cc2)n2cccc2)cc1. The van der Waals surface area contributed by atoms with Crippen molar-refractivity contribution in [3.8, 4) is 0 Å². The Hall–Kier alpha value is -2.88. The third-order valence-electron chi connectivity index (χ3n) is 4.27. The maximum absolute atomic E-state index is 13.2. The van der Waals surface area contributed by atoms with E-state index in [0.29, 0.717) is 0 Å². The minimum atomic E-state index is -0.282. The maximum atomic E-state index is 13.2. The molecule has 0 aliphatic rings. The van der Waals surface area contributed by atoms with E-state index in [9.17, 15) is 9.18 Å². The third-order valence-corrected chi connectivity index (χ3v) is 4.27. The molecular formula is C21H21FN2O. The van der Waals surface area contributed by atoms with Crippen molar-refractivity contribution in [2.45, 2.75) is 25.8 Å². The molecule has 1 atom stereocenters. The van der Waals surface area contributed by atoms with Gasteiger partial charge in [0.2, 0.25) is 5.91 Å². The van der Waals surface area contributed by atoms with E-state index in [1.807, 2.05) is 53.4 Å². The molecule has 1 aromatic heterocycles. The first kappa shape index (κ1) is 17.0. The molecule has 3 nitrogen and oxygen atoms in total. The van der Waals surface area contributed by atoms with Gasteiger partial charge in [0.15, 0.2) is 0 Å². The molecule has 0 bridgehead atoms. The molecule has 4 heteroatoms. The van der Waals surface area contributed by atoms with Crippen LogP contribution in [0.15, 0.2) is 73.1 Å². The van der Waals surface area contributed by atoms with Gasteiger partial charge in [-0.25, -0.2) is 4.39 Å². The Bertz CT molecular complexity index is 808. The molecule has 0 spiro atoms. The van der Waals surface area contributed by atoms with Gasteiger partial charge in [0.25, 0.3) is 0 Å². The number of halogens is 1. The van der Waals surface area contributed by atoms with Gasteiger partial charge < -0.3 is 9.88 Å². The van der Waals surface area contributed by atoms with E-state index < -0.39 is 0 Å². The number of carbonyl (C=O) groups is 1. The van der Waals surface area contributed by atoms with Crippen LogP contribution >= 0.6 is 0 Å². The van der Waals surface area contributed by atoms with E-state index in [1.165, 1.54) is 17.7 Å². The molecule has 0 aliphatic heterocycles. The number of hydrogen-bond acceptors (Lipinski definition) is 1. The number of hydrogen-bond donors (Lipinski definition) is 1. The molecule has 1 heterocycles. The summed E-state index contributed by atoms with van der Waals surface area (Å²) in [5.41, 5.74) is 2.91. The lowest BCUT2D eigenvalue weighted by atomic mass is 10.0. The zero-order chi connectivity index (χ0) is 17.6. The van der Waals surface area contributed by atoms with Crippen molar-refractivity contribution in [1.82, 2.24) is 4.57 Å². The molecule has 1 N–H and O–H groups in total. The topological polar surface area (TPSA) is 34.0 Å². The van der Waals surface area contributed by atoms with Crippen LogP contribution in [-0.4, -0.2) is 10.5 Å². The van der Waals surface area contributed by atoms with Gasteiger partial charge in [-0.05, 0) is 53.9 Å². The average Bonchev–Trinajstić information content (AvgIpc) is 3.15. The average molecular weight is 336 g/mol. The summed E-state index contributed by atoms with van der Waals surface area (Å²) in [5.74, 6) is -0.359. The highest BCUT2D eigenvalue weighted by Crippen LogP contribution is 2.23. The molecule has 3 rings (SSSR count). The normalized spacial score (nSPS) is 11.9. The lowest BCUT2D eigenvalue weighted by Crippen LogP contribution is -2.19. The van der Waals surface area contributed by atoms with E-state index in [4.69, 9.17) is 0 Å². The first-order chi connectivity index (χ1) is 12.2. The highest BCUT2D eigenvalue weighted by Gasteiger charge is 2.17. The fourth-order valence-electron chi connectivity index (χ4n) is 2.85. The Labute approximate surface area is 147 Å². The van der Waals surface area contributed by atoms with Crippen LogP contribution in [0.5, 0.6) is 0 Å². The first-order valence-electron chi connectivity index (χ1n) is 8.42. The number of nitrogens with one attached hydrogen (secondary N) is 1. The van der Waals surface area contributed by atoms with Gasteiger partial charge in [-0.2, -0.15) is 0 Å². The number of carbonyl (C=O) groups excluding carboxylic acids is 1. The van der Waals surface area contributed by atoms with Gasteiger partial charge in [-0.3, -0.25) is 4.79 Å². The van der Waals surface area contributed by atoms with Gasteiger partial charge in [0, 0.05) is 18.1 Å². The van der Waals surface area contributed by atoms with Crippen LogP contribution in [0.3, 0.4) is 0 Å². The van der Waals surface area contributed by atoms with Crippen LogP contribution in [0.4, 0.5) is 10.1 Å². The zero-order valence-corrected chi connectivity index (χ0v) is 14.2. The molecular weight excluding hydrogens is 315 g/mol. The van der Waals surface area contributed by atoms with Gasteiger partial charge in [-0.15, -0.1) is 0 Å². The van der Waals surface area contributed by atoms with Gasteiger partial charge >= 0.3 is 0 Å². The quantitative estimate of drug-likeness (QED) is 0.689. The second-order valence-electron chi connectivity index (χ2n) is 6.00. The maximum Gasteiger partial charge on any atom is 0.226 e. The van der Waals surface area contributed by atoms with Gasteiger partial charge in [0.1, 0.15) is 5.82 Å². The molecule has 25 heavy (non-hydrogen) atoms. The summed E-state index contributed by atoms with van der Waals surface area (Å²) in [7, 11) is 0. The van der Waals surface area contributed by atoms with Crippen molar-refractivity contribution in [2.24, 2.45) is 0 Å². The number of amides is 1. The Balaban J connectivity index is 1.75. The lowest BCUT2D eigenvalue weighted by Gasteiger charge is -2.19. The van der Waals surface area contributed by atoms with Crippen molar-refractivity contribution in [3.63, 3.8) is 0 Å². The molecule has 0 fully saturated rings. The third kappa shape index (κ3) is 4.35. The van der Waals surface area contributed by atoms with Crippen LogP contribution in [0.2, 0.25) is 0 Å². The summed E-state index contributed by atoms with van der Waals surface area (Å²) in [5, 5.41) is 2.94. The van der Waals surface area contributed by atoms with E-state index in [2.05, 4.69) is 12.2 Å². The van der Waals surface area contributed by atoms with Crippen molar-refractivity contribution < 1.29 is 9.18 Å². The summed E-state index contributed by atoms with van der Waals surface area (Å²) >= 11 is 0. The summed E-state index contributed by atoms with van der Waals surface area (Å²) in [6.07, 6.45) is 5.07. The zero-order valence-electron chi connectivity index (χ0n) is 14.2. The number of nitrogens with zero attached hydrogens (tertiary/aromatic N) is 1. The van der Waals surface area contributed by atoms with E-state index in [-0.39, 0.29) is 24.2 Å². The largest absolute Gasteiger partial charge is 0.346 e. The molecule has 0 aliphatic carbocycles. The Kier molecular flexibility index (Phi) is 5.29. The first-order valence-corrected chi connectivity index (χ1v) is 8.42. The predicted molar refractivity (Wildman–Crippen MR) is 98.0 cm³/mol. The minimum absolute atomic E-state index is 0.0766. The fraction of sp³-hybridized carbons (Fsp3) is 0.190. The molecule has 0 saturated carbocycles. The van der Waals surface area contributed by atoms with E-state index in [1.54, 1.807) is 12.1 Å². The predicted octanol–water partition coefficient (Wildman–Crippen LogP) is 4.81. The Morgan fingerprint density at radius 3 is 2.28 bits per heavy atom. The molecule has 3 aromatic rings. The highest BCUT2D eigenvalue weighted by atomic mass is 19.1. The number of aromatic nitrogens is 1. The number of rotatable bonds is 6. The smallest absolute Gasteiger partial charge is 0.226 e. The van der Waals surface area contributed by atoms with Crippen molar-refractivity contribution in [1.29, 1.82) is 0 Å². The highest BCUT2D eigenvalue weighted by molar-refractivity contribution is 5.91. The molecule has 1 amide bonds. The molecule has 0 saturated heterocycles. The second kappa shape index (κ2) is 7.79. The summed E-state index contributed by atoms with van der Waals surface area (Å²) in [4.78, 5) is 12.5. The van der Waals surface area contributed by atoms with E-state index >= 15 is 0 Å². The summed E-state index contributed by atoms with van der Waals surface area (Å²) in [6, 6.07) is 17.8. The van der Waals surface area contributed by atoms with E-state index in [0.717, 1.165) is 17.7 Å². The Morgan fingerprint density at radius 2 is 1.68 bits per heavy atom. The summed E-state index contributed by atoms with van der Waals surface area (Å²) in [6.45, 7) is 2.10. The molecule has 0 unspecified atom stereocenters. The minimum Gasteiger partial charge on any atom is -0.346 e. The van der Waals surface area contributed by atoms with Crippen LogP contribution in [0.25, 0.3) is 0 Å². The van der Waals surface area contributed by atoms with Crippen LogP contribution in [0, 0.1) is 5.82 Å². The van der Waals surface area contributed by atoms with Gasteiger partial charge in [-0.1, -0.05) is 31.2 Å². The lowest BCUT2D eigenvalue weighted by molar-refractivity contribution is -0.116. The van der Waals surface area contributed by atoms with Crippen molar-refractivity contribution in [3.05, 3.63) is 90.0 Å². The van der Waals surface area contributed by atoms with Crippen LogP contribution in [-0.2, 0) is 11.2 Å².